The molecule has 12 rings (SSSR count). The summed E-state index contributed by atoms with van der Waals surface area (Å²) in [4.78, 5) is 15.9. The first-order valence-electron chi connectivity index (χ1n) is 21.3. The van der Waals surface area contributed by atoms with Gasteiger partial charge in [-0.1, -0.05) is 143 Å². The lowest BCUT2D eigenvalue weighted by molar-refractivity contribution is 0.332. The Balaban J connectivity index is 1.09. The molecular weight excluding hydrogens is 729 g/mol. The number of rotatable bonds is 4. The van der Waals surface area contributed by atoms with Crippen molar-refractivity contribution in [1.29, 1.82) is 0 Å². The molecule has 0 amide bonds. The van der Waals surface area contributed by atoms with Crippen molar-refractivity contribution in [3.05, 3.63) is 180 Å². The Hall–Kier alpha value is -6.91. The molecule has 2 aliphatic rings. The fourth-order valence-corrected chi connectivity index (χ4v) is 10.3. The van der Waals surface area contributed by atoms with Gasteiger partial charge in [0, 0.05) is 33.2 Å². The maximum absolute atomic E-state index is 5.31. The molecule has 60 heavy (non-hydrogen) atoms. The summed E-state index contributed by atoms with van der Waals surface area (Å²) in [5, 5.41) is 7.33. The van der Waals surface area contributed by atoms with Crippen molar-refractivity contribution in [3.63, 3.8) is 0 Å². The van der Waals surface area contributed by atoms with Crippen molar-refractivity contribution in [2.24, 2.45) is 0 Å². The Bertz CT molecular complexity index is 3410. The Morgan fingerprint density at radius 1 is 0.417 bits per heavy atom. The molecule has 10 aromatic rings. The fraction of sp³-hybridized carbons (Fsp3) is 0.161. The summed E-state index contributed by atoms with van der Waals surface area (Å²) in [6.45, 7) is 9.67. The van der Waals surface area contributed by atoms with Gasteiger partial charge in [0.25, 0.3) is 0 Å². The molecule has 2 aliphatic carbocycles. The van der Waals surface area contributed by atoms with Gasteiger partial charge in [-0.2, -0.15) is 0 Å². The van der Waals surface area contributed by atoms with Gasteiger partial charge in [0.1, 0.15) is 0 Å². The van der Waals surface area contributed by atoms with Crippen LogP contribution in [0.3, 0.4) is 0 Å². The van der Waals surface area contributed by atoms with E-state index < -0.39 is 0 Å². The molecule has 0 bridgehead atoms. The van der Waals surface area contributed by atoms with E-state index in [1.54, 1.807) is 0 Å². The molecule has 0 atom stereocenters. The summed E-state index contributed by atoms with van der Waals surface area (Å²) < 4.78 is 2.48. The van der Waals surface area contributed by atoms with E-state index in [4.69, 9.17) is 15.0 Å². The van der Waals surface area contributed by atoms with Gasteiger partial charge in [-0.15, -0.1) is 0 Å². The van der Waals surface area contributed by atoms with Crippen LogP contribution in [0, 0.1) is 0 Å². The van der Waals surface area contributed by atoms with Gasteiger partial charge in [-0.05, 0) is 127 Å². The van der Waals surface area contributed by atoms with Crippen molar-refractivity contribution in [1.82, 2.24) is 19.5 Å². The van der Waals surface area contributed by atoms with Gasteiger partial charge in [-0.25, -0.2) is 15.0 Å². The maximum atomic E-state index is 5.31. The van der Waals surface area contributed by atoms with Crippen molar-refractivity contribution in [2.45, 2.75) is 57.8 Å². The predicted molar refractivity (Wildman–Crippen MR) is 249 cm³/mol. The van der Waals surface area contributed by atoms with Crippen LogP contribution in [0.5, 0.6) is 0 Å². The zero-order valence-corrected chi connectivity index (χ0v) is 34.4. The normalized spacial score (nSPS) is 15.1. The highest BCUT2D eigenvalue weighted by Crippen LogP contribution is 2.49. The quantitative estimate of drug-likeness (QED) is 0.179. The summed E-state index contributed by atoms with van der Waals surface area (Å²) in [5.74, 6) is 1.98. The number of hydrogen-bond donors (Lipinski definition) is 0. The van der Waals surface area contributed by atoms with Gasteiger partial charge in [0.05, 0.1) is 11.0 Å². The van der Waals surface area contributed by atoms with Gasteiger partial charge < -0.3 is 4.57 Å². The molecule has 2 aromatic heterocycles. The van der Waals surface area contributed by atoms with Crippen LogP contribution >= 0.6 is 0 Å². The van der Waals surface area contributed by atoms with Crippen LogP contribution in [0.1, 0.15) is 62.8 Å². The van der Waals surface area contributed by atoms with E-state index >= 15 is 0 Å². The highest BCUT2D eigenvalue weighted by Gasteiger charge is 2.38. The molecule has 4 nitrogen and oxygen atoms in total. The Kier molecular flexibility index (Phi) is 7.48. The molecule has 288 valence electrons. The molecule has 0 saturated heterocycles. The number of aromatic nitrogens is 4. The highest BCUT2D eigenvalue weighted by molar-refractivity contribution is 6.14. The smallest absolute Gasteiger partial charge is 0.164 e. The molecule has 0 spiro atoms. The van der Waals surface area contributed by atoms with Crippen molar-refractivity contribution < 1.29 is 0 Å². The third kappa shape index (κ3) is 5.40. The Morgan fingerprint density at radius 3 is 1.82 bits per heavy atom. The fourth-order valence-electron chi connectivity index (χ4n) is 10.3. The topological polar surface area (TPSA) is 43.6 Å². The van der Waals surface area contributed by atoms with Crippen LogP contribution in [0.15, 0.2) is 158 Å². The molecule has 0 saturated carbocycles. The first kappa shape index (κ1) is 35.1. The zero-order valence-electron chi connectivity index (χ0n) is 34.4. The van der Waals surface area contributed by atoms with Crippen LogP contribution in [-0.2, 0) is 17.3 Å². The number of benzene rings is 8. The number of nitrogens with zero attached hydrogens (tertiary/aromatic N) is 4. The standard InChI is InChI=1S/C56H44N4/c1-55(2)25-26-56(3,4)49-33-51-47(32-48(49)55)46-29-35-14-5-6-15-36(35)31-50(46)60(51)41-19-11-18-39(28-41)52-57-53(40-24-23-38-27-37-16-8-10-21-43(37)45(38)30-40)59-54(58-52)44-22-12-17-34-13-7-9-20-42(34)44/h5-24,28-33H,25-27H2,1-4H3. The molecule has 2 heterocycles. The lowest BCUT2D eigenvalue weighted by atomic mass is 9.63. The number of hydrogen-bond acceptors (Lipinski definition) is 3. The van der Waals surface area contributed by atoms with Crippen LogP contribution in [-0.4, -0.2) is 19.5 Å². The summed E-state index contributed by atoms with van der Waals surface area (Å²) in [7, 11) is 0. The van der Waals surface area contributed by atoms with E-state index in [2.05, 4.69) is 190 Å². The van der Waals surface area contributed by atoms with E-state index in [-0.39, 0.29) is 10.8 Å². The van der Waals surface area contributed by atoms with Crippen LogP contribution in [0.4, 0.5) is 0 Å². The molecule has 0 N–H and O–H groups in total. The van der Waals surface area contributed by atoms with Crippen LogP contribution < -0.4 is 0 Å². The Morgan fingerprint density at radius 2 is 1.00 bits per heavy atom. The van der Waals surface area contributed by atoms with Crippen molar-refractivity contribution >= 4 is 43.4 Å². The lowest BCUT2D eigenvalue weighted by Crippen LogP contribution is -2.33. The van der Waals surface area contributed by atoms with Gasteiger partial charge >= 0.3 is 0 Å². The summed E-state index contributed by atoms with van der Waals surface area (Å²) >= 11 is 0. The average Bonchev–Trinajstić information content (AvgIpc) is 3.81. The minimum atomic E-state index is 0.0752. The summed E-state index contributed by atoms with van der Waals surface area (Å²) in [5.41, 5.74) is 14.8. The second kappa shape index (κ2) is 12.8. The first-order chi connectivity index (χ1) is 29.2. The molecular formula is C56H44N4. The van der Waals surface area contributed by atoms with Crippen LogP contribution in [0.2, 0.25) is 0 Å². The zero-order chi connectivity index (χ0) is 40.3. The second-order valence-corrected chi connectivity index (χ2v) is 18.3. The minimum Gasteiger partial charge on any atom is -0.309 e. The first-order valence-corrected chi connectivity index (χ1v) is 21.3. The SMILES string of the molecule is CC1(C)CCC(C)(C)c2cc3c(cc21)c1cc2ccccc2cc1n3-c1cccc(-c2nc(-c3ccc4c(c3)-c3ccccc3C4)nc(-c3cccc4ccccc34)n2)c1. The molecule has 8 aromatic carbocycles. The molecule has 0 fully saturated rings. The molecule has 0 unspecified atom stereocenters. The third-order valence-corrected chi connectivity index (χ3v) is 13.7. The van der Waals surface area contributed by atoms with Crippen molar-refractivity contribution in [2.75, 3.05) is 0 Å². The lowest BCUT2D eigenvalue weighted by Gasteiger charge is -2.42. The second-order valence-electron chi connectivity index (χ2n) is 18.3. The molecule has 0 radical (unpaired) electrons. The summed E-state index contributed by atoms with van der Waals surface area (Å²) in [6, 6.07) is 57.6. The number of fused-ring (bicyclic) bond motifs is 9. The molecule has 0 aliphatic heterocycles. The van der Waals surface area contributed by atoms with E-state index in [0.717, 1.165) is 46.0 Å². The summed E-state index contributed by atoms with van der Waals surface area (Å²) in [6.07, 6.45) is 3.28. The van der Waals surface area contributed by atoms with Gasteiger partial charge in [0.2, 0.25) is 0 Å². The predicted octanol–water partition coefficient (Wildman–Crippen LogP) is 14.2. The minimum absolute atomic E-state index is 0.0752. The largest absolute Gasteiger partial charge is 0.309 e. The Labute approximate surface area is 350 Å². The highest BCUT2D eigenvalue weighted by atomic mass is 15.0. The molecule has 4 heteroatoms. The third-order valence-electron chi connectivity index (χ3n) is 13.7. The van der Waals surface area contributed by atoms with E-state index in [9.17, 15) is 0 Å². The maximum Gasteiger partial charge on any atom is 0.164 e. The van der Waals surface area contributed by atoms with E-state index in [0.29, 0.717) is 17.5 Å². The van der Waals surface area contributed by atoms with Crippen molar-refractivity contribution in [3.8, 4) is 51.0 Å². The monoisotopic (exact) mass is 772 g/mol. The van der Waals surface area contributed by atoms with Crippen LogP contribution in [0.25, 0.3) is 94.3 Å². The van der Waals surface area contributed by atoms with Gasteiger partial charge in [0.15, 0.2) is 17.5 Å². The average molecular weight is 773 g/mol. The van der Waals surface area contributed by atoms with Gasteiger partial charge in [-0.3, -0.25) is 0 Å². The van der Waals surface area contributed by atoms with E-state index in [1.165, 1.54) is 72.4 Å². The van der Waals surface area contributed by atoms with E-state index in [1.807, 2.05) is 0 Å².